The maximum atomic E-state index is 5.88. The van der Waals surface area contributed by atoms with E-state index in [0.29, 0.717) is 11.3 Å². The molecule has 0 aromatic carbocycles. The van der Waals surface area contributed by atoms with E-state index in [4.69, 9.17) is 5.73 Å². The monoisotopic (exact) mass is 221 g/mol. The minimum Gasteiger partial charge on any atom is -0.338 e. The molecule has 1 saturated carbocycles. The van der Waals surface area contributed by atoms with Crippen molar-refractivity contribution in [1.82, 2.24) is 15.2 Å². The third kappa shape index (κ3) is 1.59. The molecule has 1 aliphatic carbocycles. The number of aromatic nitrogens is 3. The van der Waals surface area contributed by atoms with E-state index in [1.165, 1.54) is 6.42 Å². The van der Waals surface area contributed by atoms with Gasteiger partial charge in [0, 0.05) is 25.0 Å². The number of anilines is 1. The lowest BCUT2D eigenvalue weighted by atomic mass is 10.1. The Hall–Kier alpha value is -1.10. The van der Waals surface area contributed by atoms with E-state index in [0.717, 1.165) is 31.3 Å². The van der Waals surface area contributed by atoms with Crippen molar-refractivity contribution in [2.45, 2.75) is 38.6 Å². The summed E-state index contributed by atoms with van der Waals surface area (Å²) in [7, 11) is 0. The van der Waals surface area contributed by atoms with Crippen molar-refractivity contribution < 1.29 is 0 Å². The van der Waals surface area contributed by atoms with Gasteiger partial charge in [0.15, 0.2) is 0 Å². The summed E-state index contributed by atoms with van der Waals surface area (Å²) in [6.45, 7) is 6.40. The highest BCUT2D eigenvalue weighted by Crippen LogP contribution is 2.57. The van der Waals surface area contributed by atoms with Gasteiger partial charge in [-0.1, -0.05) is 13.8 Å². The van der Waals surface area contributed by atoms with Gasteiger partial charge in [-0.3, -0.25) is 5.10 Å². The van der Waals surface area contributed by atoms with Crippen molar-refractivity contribution in [1.29, 1.82) is 0 Å². The molecule has 0 bridgehead atoms. The first kappa shape index (κ1) is 10.1. The highest BCUT2D eigenvalue weighted by Gasteiger charge is 2.48. The van der Waals surface area contributed by atoms with Gasteiger partial charge < -0.3 is 10.6 Å². The van der Waals surface area contributed by atoms with Crippen LogP contribution < -0.4 is 10.6 Å². The predicted octanol–water partition coefficient (Wildman–Crippen LogP) is 0.856. The van der Waals surface area contributed by atoms with Gasteiger partial charge in [-0.2, -0.15) is 4.98 Å². The number of hydrogen-bond acceptors (Lipinski definition) is 4. The van der Waals surface area contributed by atoms with Crippen LogP contribution in [0.5, 0.6) is 0 Å². The molecule has 2 atom stereocenters. The molecule has 3 rings (SSSR count). The maximum Gasteiger partial charge on any atom is 0.244 e. The first-order valence-corrected chi connectivity index (χ1v) is 5.99. The average Bonchev–Trinajstić information content (AvgIpc) is 2.67. The Morgan fingerprint density at radius 3 is 2.81 bits per heavy atom. The highest BCUT2D eigenvalue weighted by atomic mass is 15.4. The number of nitrogens with one attached hydrogen (secondary N) is 1. The first-order chi connectivity index (χ1) is 7.56. The number of hydrogen-bond donors (Lipinski definition) is 2. The zero-order chi connectivity index (χ0) is 11.3. The van der Waals surface area contributed by atoms with Crippen molar-refractivity contribution in [3.05, 3.63) is 5.82 Å². The van der Waals surface area contributed by atoms with Gasteiger partial charge >= 0.3 is 0 Å². The van der Waals surface area contributed by atoms with Crippen molar-refractivity contribution >= 4 is 5.95 Å². The van der Waals surface area contributed by atoms with Crippen LogP contribution in [0.3, 0.4) is 0 Å². The van der Waals surface area contributed by atoms with Crippen molar-refractivity contribution in [3.8, 4) is 0 Å². The van der Waals surface area contributed by atoms with Crippen LogP contribution in [-0.4, -0.2) is 34.3 Å². The van der Waals surface area contributed by atoms with E-state index < -0.39 is 0 Å². The van der Waals surface area contributed by atoms with Crippen LogP contribution in [0.4, 0.5) is 5.95 Å². The molecular weight excluding hydrogens is 202 g/mol. The zero-order valence-electron chi connectivity index (χ0n) is 9.90. The van der Waals surface area contributed by atoms with Gasteiger partial charge in [0.05, 0.1) is 0 Å². The fourth-order valence-electron chi connectivity index (χ4n) is 2.47. The fourth-order valence-corrected chi connectivity index (χ4v) is 2.47. The third-order valence-electron chi connectivity index (χ3n) is 3.84. The molecule has 5 heteroatoms. The zero-order valence-corrected chi connectivity index (χ0v) is 9.90. The molecule has 2 unspecified atom stereocenters. The molecule has 0 radical (unpaired) electrons. The van der Waals surface area contributed by atoms with Crippen LogP contribution in [0.25, 0.3) is 0 Å². The molecule has 2 aliphatic rings. The lowest BCUT2D eigenvalue weighted by molar-refractivity contribution is 0.609. The first-order valence-electron chi connectivity index (χ1n) is 5.99. The second-order valence-electron chi connectivity index (χ2n) is 5.76. The minimum atomic E-state index is 0.277. The van der Waals surface area contributed by atoms with Crippen molar-refractivity contribution in [2.75, 3.05) is 18.0 Å². The Morgan fingerprint density at radius 2 is 2.25 bits per heavy atom. The van der Waals surface area contributed by atoms with Crippen LogP contribution in [0.1, 0.15) is 38.4 Å². The van der Waals surface area contributed by atoms with Crippen LogP contribution in [0.15, 0.2) is 0 Å². The molecule has 0 amide bonds. The fraction of sp³-hybridized carbons (Fsp3) is 0.818. The highest BCUT2D eigenvalue weighted by molar-refractivity contribution is 5.33. The van der Waals surface area contributed by atoms with E-state index in [9.17, 15) is 0 Å². The molecule has 2 fully saturated rings. The minimum absolute atomic E-state index is 0.277. The molecule has 0 spiro atoms. The Kier molecular flexibility index (Phi) is 2.01. The summed E-state index contributed by atoms with van der Waals surface area (Å²) in [5.41, 5.74) is 6.28. The van der Waals surface area contributed by atoms with E-state index in [-0.39, 0.29) is 6.04 Å². The largest absolute Gasteiger partial charge is 0.338 e. The van der Waals surface area contributed by atoms with Crippen molar-refractivity contribution in [2.24, 2.45) is 11.1 Å². The van der Waals surface area contributed by atoms with Crippen molar-refractivity contribution in [3.63, 3.8) is 0 Å². The topological polar surface area (TPSA) is 70.8 Å². The summed E-state index contributed by atoms with van der Waals surface area (Å²) in [6, 6.07) is 0.277. The van der Waals surface area contributed by atoms with Gasteiger partial charge in [0.1, 0.15) is 5.82 Å². The van der Waals surface area contributed by atoms with E-state index >= 15 is 0 Å². The maximum absolute atomic E-state index is 5.88. The number of nitrogens with two attached hydrogens (primary N) is 1. The second-order valence-corrected chi connectivity index (χ2v) is 5.76. The average molecular weight is 221 g/mol. The molecule has 16 heavy (non-hydrogen) atoms. The molecule has 1 aliphatic heterocycles. The summed E-state index contributed by atoms with van der Waals surface area (Å²) in [6.07, 6.45) is 2.25. The Morgan fingerprint density at radius 1 is 1.50 bits per heavy atom. The standard InChI is InChI=1S/C11H19N5/c1-11(2)5-8(11)9-13-10(15-14-9)16-4-3-7(12)6-16/h7-8H,3-6,12H2,1-2H3,(H,13,14,15). The lowest BCUT2D eigenvalue weighted by Crippen LogP contribution is -2.27. The molecule has 2 heterocycles. The summed E-state index contributed by atoms with van der Waals surface area (Å²) in [5, 5.41) is 7.37. The normalized spacial score (nSPS) is 32.1. The quantitative estimate of drug-likeness (QED) is 0.777. The lowest BCUT2D eigenvalue weighted by Gasteiger charge is -2.11. The van der Waals surface area contributed by atoms with Gasteiger partial charge in [-0.25, -0.2) is 0 Å². The molecule has 1 saturated heterocycles. The third-order valence-corrected chi connectivity index (χ3v) is 3.84. The summed E-state index contributed by atoms with van der Waals surface area (Å²) in [4.78, 5) is 6.75. The number of nitrogens with zero attached hydrogens (tertiary/aromatic N) is 3. The summed E-state index contributed by atoms with van der Waals surface area (Å²) in [5.74, 6) is 2.43. The summed E-state index contributed by atoms with van der Waals surface area (Å²) >= 11 is 0. The molecule has 1 aromatic rings. The van der Waals surface area contributed by atoms with Crippen LogP contribution >= 0.6 is 0 Å². The summed E-state index contributed by atoms with van der Waals surface area (Å²) < 4.78 is 0. The van der Waals surface area contributed by atoms with Crippen LogP contribution in [0.2, 0.25) is 0 Å². The molecule has 88 valence electrons. The SMILES string of the molecule is CC1(C)CC1c1nc(N2CCC(N)C2)n[nH]1. The predicted molar refractivity (Wildman–Crippen MR) is 62.3 cm³/mol. The number of rotatable bonds is 2. The molecular formula is C11H19N5. The van der Waals surface area contributed by atoms with Gasteiger partial charge in [0.25, 0.3) is 0 Å². The molecule has 3 N–H and O–H groups in total. The number of H-pyrrole nitrogens is 1. The van der Waals surface area contributed by atoms with E-state index in [2.05, 4.69) is 33.9 Å². The van der Waals surface area contributed by atoms with E-state index in [1.54, 1.807) is 0 Å². The van der Waals surface area contributed by atoms with Gasteiger partial charge in [-0.05, 0) is 18.3 Å². The molecule has 1 aromatic heterocycles. The van der Waals surface area contributed by atoms with E-state index in [1.807, 2.05) is 0 Å². The Balaban J connectivity index is 1.74. The van der Waals surface area contributed by atoms with Gasteiger partial charge in [-0.15, -0.1) is 5.10 Å². The number of aromatic amines is 1. The van der Waals surface area contributed by atoms with Crippen LogP contribution in [-0.2, 0) is 0 Å². The Labute approximate surface area is 95.4 Å². The van der Waals surface area contributed by atoms with Gasteiger partial charge in [0.2, 0.25) is 5.95 Å². The Bertz CT molecular complexity index is 397. The smallest absolute Gasteiger partial charge is 0.244 e. The second kappa shape index (κ2) is 3.20. The molecule has 5 nitrogen and oxygen atoms in total. The van der Waals surface area contributed by atoms with Crippen LogP contribution in [0, 0.1) is 5.41 Å².